The van der Waals surface area contributed by atoms with Crippen LogP contribution in [0.15, 0.2) is 0 Å². The Morgan fingerprint density at radius 1 is 1.22 bits per heavy atom. The molecule has 18 heavy (non-hydrogen) atoms. The molecule has 1 rings (SSSR count). The van der Waals surface area contributed by atoms with Crippen molar-refractivity contribution in [1.82, 2.24) is 5.32 Å². The Kier molecular flexibility index (Phi) is 4.99. The molecule has 1 saturated carbocycles. The molecule has 0 bridgehead atoms. The Labute approximate surface area is 108 Å². The molecule has 104 valence electrons. The summed E-state index contributed by atoms with van der Waals surface area (Å²) in [5.74, 6) is -0.238. The number of hydrogen-bond donors (Lipinski definition) is 1. The predicted octanol–water partition coefficient (Wildman–Crippen LogP) is 2.24. The Morgan fingerprint density at radius 2 is 1.78 bits per heavy atom. The van der Waals surface area contributed by atoms with Crippen molar-refractivity contribution >= 4 is 12.1 Å². The van der Waals surface area contributed by atoms with Gasteiger partial charge in [-0.3, -0.25) is 0 Å². The van der Waals surface area contributed by atoms with Crippen molar-refractivity contribution < 1.29 is 19.1 Å². The normalized spacial score (nSPS) is 18.2. The van der Waals surface area contributed by atoms with E-state index in [0.29, 0.717) is 0 Å². The number of carbonyl (C=O) groups excluding carboxylic acids is 2. The molecule has 1 aliphatic carbocycles. The molecule has 1 fully saturated rings. The van der Waals surface area contributed by atoms with E-state index < -0.39 is 23.7 Å². The number of esters is 1. The molecular weight excluding hydrogens is 234 g/mol. The number of nitrogens with one attached hydrogen (secondary N) is 1. The minimum atomic E-state index is -0.590. The van der Waals surface area contributed by atoms with E-state index in [4.69, 9.17) is 9.47 Å². The van der Waals surface area contributed by atoms with Crippen LogP contribution < -0.4 is 5.32 Å². The first-order chi connectivity index (χ1) is 8.33. The Balaban J connectivity index is 2.61. The topological polar surface area (TPSA) is 64.6 Å². The lowest BCUT2D eigenvalue weighted by Gasteiger charge is -2.25. The monoisotopic (exact) mass is 257 g/mol. The number of alkyl carbamates (subject to hydrolysis) is 1. The summed E-state index contributed by atoms with van der Waals surface area (Å²) in [4.78, 5) is 23.4. The number of amides is 1. The van der Waals surface area contributed by atoms with Crippen molar-refractivity contribution in [3.63, 3.8) is 0 Å². The third-order valence-electron chi connectivity index (χ3n) is 3.00. The highest BCUT2D eigenvalue weighted by atomic mass is 16.6. The van der Waals surface area contributed by atoms with Crippen molar-refractivity contribution in [2.75, 3.05) is 7.11 Å². The van der Waals surface area contributed by atoms with Crippen LogP contribution in [0.3, 0.4) is 0 Å². The van der Waals surface area contributed by atoms with E-state index in [9.17, 15) is 9.59 Å². The molecule has 0 aliphatic heterocycles. The molecule has 5 nitrogen and oxygen atoms in total. The van der Waals surface area contributed by atoms with E-state index in [2.05, 4.69) is 5.32 Å². The van der Waals surface area contributed by atoms with Crippen LogP contribution in [0.25, 0.3) is 0 Å². The fourth-order valence-corrected chi connectivity index (χ4v) is 2.22. The van der Waals surface area contributed by atoms with Crippen LogP contribution in [0.2, 0.25) is 0 Å². The zero-order valence-electron chi connectivity index (χ0n) is 11.6. The average Bonchev–Trinajstić information content (AvgIpc) is 2.75. The van der Waals surface area contributed by atoms with E-state index in [0.717, 1.165) is 25.7 Å². The first kappa shape index (κ1) is 14.8. The molecule has 0 heterocycles. The van der Waals surface area contributed by atoms with Gasteiger partial charge in [-0.1, -0.05) is 12.8 Å². The van der Waals surface area contributed by atoms with Gasteiger partial charge in [0.25, 0.3) is 0 Å². The summed E-state index contributed by atoms with van der Waals surface area (Å²) in [5.41, 5.74) is -0.569. The first-order valence-corrected chi connectivity index (χ1v) is 6.41. The minimum Gasteiger partial charge on any atom is -0.467 e. The summed E-state index contributed by atoms with van der Waals surface area (Å²) in [6.07, 6.45) is 3.50. The van der Waals surface area contributed by atoms with Crippen LogP contribution >= 0.6 is 0 Å². The van der Waals surface area contributed by atoms with Crippen molar-refractivity contribution in [2.24, 2.45) is 5.92 Å². The first-order valence-electron chi connectivity index (χ1n) is 6.41. The zero-order chi connectivity index (χ0) is 13.8. The van der Waals surface area contributed by atoms with Gasteiger partial charge < -0.3 is 14.8 Å². The van der Waals surface area contributed by atoms with Gasteiger partial charge in [-0.2, -0.15) is 0 Å². The second-order valence-electron chi connectivity index (χ2n) is 5.69. The Hall–Kier alpha value is -1.26. The number of rotatable bonds is 3. The van der Waals surface area contributed by atoms with Gasteiger partial charge in [-0.15, -0.1) is 0 Å². The quantitative estimate of drug-likeness (QED) is 0.787. The van der Waals surface area contributed by atoms with E-state index in [1.54, 1.807) is 20.8 Å². The van der Waals surface area contributed by atoms with Crippen LogP contribution in [-0.4, -0.2) is 30.8 Å². The predicted molar refractivity (Wildman–Crippen MR) is 67.1 cm³/mol. The van der Waals surface area contributed by atoms with Crippen LogP contribution in [0.5, 0.6) is 0 Å². The SMILES string of the molecule is COC(=O)C(NC(=O)OC(C)(C)C)C1CCCC1. The lowest BCUT2D eigenvalue weighted by molar-refractivity contribution is -0.144. The lowest BCUT2D eigenvalue weighted by atomic mass is 9.98. The van der Waals surface area contributed by atoms with Crippen molar-refractivity contribution in [3.8, 4) is 0 Å². The molecule has 0 aromatic carbocycles. The van der Waals surface area contributed by atoms with Gasteiger partial charge in [-0.25, -0.2) is 9.59 Å². The third kappa shape index (κ3) is 4.55. The molecule has 1 aliphatic rings. The van der Waals surface area contributed by atoms with Gasteiger partial charge in [-0.05, 0) is 39.5 Å². The summed E-state index contributed by atoms with van der Waals surface area (Å²) in [6, 6.07) is -0.590. The molecule has 1 amide bonds. The highest BCUT2D eigenvalue weighted by Crippen LogP contribution is 2.28. The second kappa shape index (κ2) is 6.07. The molecular formula is C13H23NO4. The van der Waals surface area contributed by atoms with Crippen LogP contribution in [0.4, 0.5) is 4.79 Å². The van der Waals surface area contributed by atoms with Crippen LogP contribution in [0, 0.1) is 5.92 Å². The molecule has 0 spiro atoms. The average molecular weight is 257 g/mol. The molecule has 0 aromatic heterocycles. The molecule has 0 aromatic rings. The lowest BCUT2D eigenvalue weighted by Crippen LogP contribution is -2.47. The fraction of sp³-hybridized carbons (Fsp3) is 0.846. The molecule has 5 heteroatoms. The van der Waals surface area contributed by atoms with Gasteiger partial charge in [0.2, 0.25) is 0 Å². The smallest absolute Gasteiger partial charge is 0.408 e. The number of hydrogen-bond acceptors (Lipinski definition) is 4. The van der Waals surface area contributed by atoms with Crippen LogP contribution in [-0.2, 0) is 14.3 Å². The summed E-state index contributed by atoms with van der Waals surface area (Å²) >= 11 is 0. The maximum Gasteiger partial charge on any atom is 0.408 e. The minimum absolute atomic E-state index is 0.157. The van der Waals surface area contributed by atoms with E-state index in [1.165, 1.54) is 7.11 Å². The largest absolute Gasteiger partial charge is 0.467 e. The fourth-order valence-electron chi connectivity index (χ4n) is 2.22. The van der Waals surface area contributed by atoms with Gasteiger partial charge in [0.05, 0.1) is 7.11 Å². The molecule has 1 atom stereocenters. The van der Waals surface area contributed by atoms with Crippen molar-refractivity contribution in [3.05, 3.63) is 0 Å². The van der Waals surface area contributed by atoms with Gasteiger partial charge in [0.1, 0.15) is 11.6 Å². The molecule has 0 radical (unpaired) electrons. The zero-order valence-corrected chi connectivity index (χ0v) is 11.6. The van der Waals surface area contributed by atoms with Crippen molar-refractivity contribution in [1.29, 1.82) is 0 Å². The number of methoxy groups -OCH3 is 1. The number of carbonyl (C=O) groups is 2. The summed E-state index contributed by atoms with van der Waals surface area (Å²) in [5, 5.41) is 2.63. The van der Waals surface area contributed by atoms with E-state index in [-0.39, 0.29) is 5.92 Å². The molecule has 1 N–H and O–H groups in total. The van der Waals surface area contributed by atoms with E-state index in [1.807, 2.05) is 0 Å². The molecule has 1 unspecified atom stereocenters. The standard InChI is InChI=1S/C13H23NO4/c1-13(2,3)18-12(16)14-10(11(15)17-4)9-7-5-6-8-9/h9-10H,5-8H2,1-4H3,(H,14,16). The van der Waals surface area contributed by atoms with Gasteiger partial charge in [0.15, 0.2) is 0 Å². The van der Waals surface area contributed by atoms with Gasteiger partial charge in [0, 0.05) is 0 Å². The maximum absolute atomic E-state index is 11.7. The maximum atomic E-state index is 11.7. The Bertz CT molecular complexity index is 303. The highest BCUT2D eigenvalue weighted by molar-refractivity contribution is 5.81. The van der Waals surface area contributed by atoms with Gasteiger partial charge >= 0.3 is 12.1 Å². The van der Waals surface area contributed by atoms with Crippen LogP contribution in [0.1, 0.15) is 46.5 Å². The molecule has 0 saturated heterocycles. The Morgan fingerprint density at radius 3 is 2.22 bits per heavy atom. The third-order valence-corrected chi connectivity index (χ3v) is 3.00. The summed E-state index contributed by atoms with van der Waals surface area (Å²) in [6.45, 7) is 5.36. The van der Waals surface area contributed by atoms with E-state index >= 15 is 0 Å². The summed E-state index contributed by atoms with van der Waals surface area (Å²) < 4.78 is 9.91. The highest BCUT2D eigenvalue weighted by Gasteiger charge is 2.33. The number of ether oxygens (including phenoxy) is 2. The summed E-state index contributed by atoms with van der Waals surface area (Å²) in [7, 11) is 1.33. The second-order valence-corrected chi connectivity index (χ2v) is 5.69. The van der Waals surface area contributed by atoms with Crippen molar-refractivity contribution in [2.45, 2.75) is 58.1 Å².